The van der Waals surface area contributed by atoms with Gasteiger partial charge in [0.05, 0.1) is 5.71 Å². The molecule has 0 amide bonds. The minimum absolute atomic E-state index is 0. The standard InChI is InChI=1S/C16H16FN3O2.ClH/c17-16-6-5-11(9-19-16)14-3-1-2-4-15(14)21-10-13-7-12(8-18)20-22-13;/h1-6,9,13H,7-8,10,18H2;1H. The van der Waals surface area contributed by atoms with E-state index in [4.69, 9.17) is 15.3 Å². The molecule has 1 aromatic heterocycles. The zero-order valence-corrected chi connectivity index (χ0v) is 13.1. The second kappa shape index (κ2) is 7.89. The molecular weight excluding hydrogens is 321 g/mol. The highest BCUT2D eigenvalue weighted by Crippen LogP contribution is 2.29. The third kappa shape index (κ3) is 4.18. The summed E-state index contributed by atoms with van der Waals surface area (Å²) in [6.45, 7) is 0.771. The Labute approximate surface area is 139 Å². The Morgan fingerprint density at radius 3 is 2.78 bits per heavy atom. The molecule has 0 saturated carbocycles. The molecule has 0 radical (unpaired) electrons. The summed E-state index contributed by atoms with van der Waals surface area (Å²) < 4.78 is 18.8. The summed E-state index contributed by atoms with van der Waals surface area (Å²) in [4.78, 5) is 8.94. The van der Waals surface area contributed by atoms with Gasteiger partial charge in [-0.05, 0) is 18.2 Å². The van der Waals surface area contributed by atoms with Crippen LogP contribution in [0.2, 0.25) is 0 Å². The number of halogens is 2. The Morgan fingerprint density at radius 2 is 2.09 bits per heavy atom. The molecule has 2 aromatic rings. The van der Waals surface area contributed by atoms with E-state index in [9.17, 15) is 4.39 Å². The smallest absolute Gasteiger partial charge is 0.212 e. The van der Waals surface area contributed by atoms with Gasteiger partial charge in [-0.3, -0.25) is 0 Å². The first-order chi connectivity index (χ1) is 10.8. The highest BCUT2D eigenvalue weighted by molar-refractivity contribution is 5.87. The predicted molar refractivity (Wildman–Crippen MR) is 88.4 cm³/mol. The molecule has 5 nitrogen and oxygen atoms in total. The zero-order valence-electron chi connectivity index (χ0n) is 12.3. The molecule has 1 atom stereocenters. The summed E-state index contributed by atoms with van der Waals surface area (Å²) in [5.74, 6) is 0.189. The van der Waals surface area contributed by atoms with E-state index >= 15 is 0 Å². The predicted octanol–water partition coefficient (Wildman–Crippen LogP) is 2.79. The molecule has 1 aromatic carbocycles. The monoisotopic (exact) mass is 337 g/mol. The van der Waals surface area contributed by atoms with E-state index in [0.29, 0.717) is 25.3 Å². The number of para-hydroxylation sites is 1. The number of hydrogen-bond acceptors (Lipinski definition) is 5. The van der Waals surface area contributed by atoms with Gasteiger partial charge in [0, 0.05) is 30.3 Å². The topological polar surface area (TPSA) is 69.7 Å². The molecule has 2 N–H and O–H groups in total. The zero-order chi connectivity index (χ0) is 15.4. The molecule has 1 aliphatic rings. The number of oxime groups is 1. The third-order valence-corrected chi connectivity index (χ3v) is 3.38. The summed E-state index contributed by atoms with van der Waals surface area (Å²) in [5.41, 5.74) is 8.01. The molecule has 0 saturated heterocycles. The van der Waals surface area contributed by atoms with Crippen LogP contribution in [-0.2, 0) is 4.84 Å². The van der Waals surface area contributed by atoms with Crippen molar-refractivity contribution in [3.63, 3.8) is 0 Å². The first-order valence-electron chi connectivity index (χ1n) is 7.01. The molecule has 0 aliphatic carbocycles. The van der Waals surface area contributed by atoms with Gasteiger partial charge in [0.2, 0.25) is 5.95 Å². The van der Waals surface area contributed by atoms with Crippen molar-refractivity contribution in [1.29, 1.82) is 0 Å². The molecule has 122 valence electrons. The Hall–Kier alpha value is -2.18. The molecule has 1 aliphatic heterocycles. The van der Waals surface area contributed by atoms with Gasteiger partial charge in [-0.25, -0.2) is 4.98 Å². The molecule has 0 spiro atoms. The van der Waals surface area contributed by atoms with E-state index in [0.717, 1.165) is 16.8 Å². The first kappa shape index (κ1) is 17.2. The summed E-state index contributed by atoms with van der Waals surface area (Å²) in [7, 11) is 0. The molecule has 0 fully saturated rings. The normalized spacial score (nSPS) is 16.3. The van der Waals surface area contributed by atoms with Crippen LogP contribution in [0, 0.1) is 5.95 Å². The summed E-state index contributed by atoms with van der Waals surface area (Å²) in [6.07, 6.45) is 2.04. The lowest BCUT2D eigenvalue weighted by Gasteiger charge is -2.14. The van der Waals surface area contributed by atoms with E-state index in [1.54, 1.807) is 6.07 Å². The fourth-order valence-corrected chi connectivity index (χ4v) is 2.25. The van der Waals surface area contributed by atoms with Gasteiger partial charge in [-0.15, -0.1) is 12.4 Å². The van der Waals surface area contributed by atoms with E-state index in [1.807, 2.05) is 24.3 Å². The minimum atomic E-state index is -0.507. The Morgan fingerprint density at radius 1 is 1.26 bits per heavy atom. The van der Waals surface area contributed by atoms with Gasteiger partial charge in [0.15, 0.2) is 6.10 Å². The highest BCUT2D eigenvalue weighted by atomic mass is 35.5. The van der Waals surface area contributed by atoms with Crippen LogP contribution in [0.5, 0.6) is 5.75 Å². The second-order valence-electron chi connectivity index (χ2n) is 4.97. The number of ether oxygens (including phenoxy) is 1. The van der Waals surface area contributed by atoms with Crippen molar-refractivity contribution in [3.05, 3.63) is 48.5 Å². The fraction of sp³-hybridized carbons (Fsp3) is 0.250. The number of aromatic nitrogens is 1. The number of nitrogens with zero attached hydrogens (tertiary/aromatic N) is 2. The largest absolute Gasteiger partial charge is 0.489 e. The van der Waals surface area contributed by atoms with Crippen molar-refractivity contribution in [1.82, 2.24) is 4.98 Å². The van der Waals surface area contributed by atoms with Crippen LogP contribution in [0.4, 0.5) is 4.39 Å². The quantitative estimate of drug-likeness (QED) is 0.852. The average Bonchev–Trinajstić information content (AvgIpc) is 3.02. The van der Waals surface area contributed by atoms with E-state index < -0.39 is 5.95 Å². The summed E-state index contributed by atoms with van der Waals surface area (Å²) in [5, 5.41) is 3.90. The fourth-order valence-electron chi connectivity index (χ4n) is 2.25. The minimum Gasteiger partial charge on any atom is -0.489 e. The van der Waals surface area contributed by atoms with Crippen LogP contribution in [0.25, 0.3) is 11.1 Å². The van der Waals surface area contributed by atoms with E-state index in [1.165, 1.54) is 12.3 Å². The second-order valence-corrected chi connectivity index (χ2v) is 4.97. The third-order valence-electron chi connectivity index (χ3n) is 3.38. The van der Waals surface area contributed by atoms with Gasteiger partial charge >= 0.3 is 0 Å². The van der Waals surface area contributed by atoms with Crippen molar-refractivity contribution in [2.75, 3.05) is 13.2 Å². The lowest BCUT2D eigenvalue weighted by Crippen LogP contribution is -2.20. The van der Waals surface area contributed by atoms with Crippen LogP contribution in [0.15, 0.2) is 47.8 Å². The molecule has 3 rings (SSSR count). The molecular formula is C16H17ClFN3O2. The van der Waals surface area contributed by atoms with Gasteiger partial charge < -0.3 is 15.3 Å². The van der Waals surface area contributed by atoms with Gasteiger partial charge in [0.1, 0.15) is 12.4 Å². The maximum absolute atomic E-state index is 12.9. The van der Waals surface area contributed by atoms with Gasteiger partial charge in [-0.2, -0.15) is 4.39 Å². The number of rotatable bonds is 5. The molecule has 1 unspecified atom stereocenters. The van der Waals surface area contributed by atoms with Crippen LogP contribution >= 0.6 is 12.4 Å². The SMILES string of the molecule is Cl.NCC1=NOC(COc2ccccc2-c2ccc(F)nc2)C1. The molecule has 0 bridgehead atoms. The average molecular weight is 338 g/mol. The van der Waals surface area contributed by atoms with E-state index in [2.05, 4.69) is 10.1 Å². The maximum Gasteiger partial charge on any atom is 0.212 e. The van der Waals surface area contributed by atoms with Crippen LogP contribution < -0.4 is 10.5 Å². The van der Waals surface area contributed by atoms with E-state index in [-0.39, 0.29) is 18.5 Å². The Kier molecular flexibility index (Phi) is 5.90. The molecule has 23 heavy (non-hydrogen) atoms. The number of nitrogens with two attached hydrogens (primary N) is 1. The van der Waals surface area contributed by atoms with Crippen molar-refractivity contribution >= 4 is 18.1 Å². The van der Waals surface area contributed by atoms with Crippen LogP contribution in [0.3, 0.4) is 0 Å². The summed E-state index contributed by atoms with van der Waals surface area (Å²) >= 11 is 0. The highest BCUT2D eigenvalue weighted by Gasteiger charge is 2.21. The van der Waals surface area contributed by atoms with Crippen LogP contribution in [-0.4, -0.2) is 30.0 Å². The number of benzene rings is 1. The van der Waals surface area contributed by atoms with Gasteiger partial charge in [0.25, 0.3) is 0 Å². The van der Waals surface area contributed by atoms with Crippen LogP contribution in [0.1, 0.15) is 6.42 Å². The Bertz CT molecular complexity index is 679. The Balaban J connectivity index is 0.00000192. The lowest BCUT2D eigenvalue weighted by atomic mass is 10.1. The van der Waals surface area contributed by atoms with Crippen molar-refractivity contribution < 1.29 is 14.0 Å². The summed E-state index contributed by atoms with van der Waals surface area (Å²) in [6, 6.07) is 10.5. The van der Waals surface area contributed by atoms with Gasteiger partial charge in [-0.1, -0.05) is 23.4 Å². The van der Waals surface area contributed by atoms with Crippen molar-refractivity contribution in [3.8, 4) is 16.9 Å². The van der Waals surface area contributed by atoms with Crippen molar-refractivity contribution in [2.24, 2.45) is 10.9 Å². The number of pyridine rings is 1. The maximum atomic E-state index is 12.9. The molecule has 7 heteroatoms. The lowest BCUT2D eigenvalue weighted by molar-refractivity contribution is 0.0472. The first-order valence-corrected chi connectivity index (χ1v) is 7.01. The number of hydrogen-bond donors (Lipinski definition) is 1. The van der Waals surface area contributed by atoms with Crippen molar-refractivity contribution in [2.45, 2.75) is 12.5 Å². The molecule has 2 heterocycles.